The average molecular weight is 360 g/mol. The molecular weight excluding hydrogens is 349 g/mol. The van der Waals surface area contributed by atoms with Gasteiger partial charge in [0.25, 0.3) is 11.6 Å². The van der Waals surface area contributed by atoms with Gasteiger partial charge in [0.05, 0.1) is 16.0 Å². The second kappa shape index (κ2) is 6.45. The van der Waals surface area contributed by atoms with Crippen LogP contribution in [0.5, 0.6) is 0 Å². The Kier molecular flexibility index (Phi) is 4.33. The number of pyridine rings is 1. The number of hydrogen-bond donors (Lipinski definition) is 1. The number of hydrogen-bond acceptors (Lipinski definition) is 4. The molecule has 126 valence electrons. The van der Waals surface area contributed by atoms with Crippen LogP contribution in [0.1, 0.15) is 16.1 Å². The molecule has 0 bridgehead atoms. The van der Waals surface area contributed by atoms with Crippen molar-refractivity contribution in [3.63, 3.8) is 0 Å². The molecule has 0 atom stereocenters. The topological polar surface area (TPSA) is 85.1 Å². The lowest BCUT2D eigenvalue weighted by atomic mass is 10.1. The zero-order valence-corrected chi connectivity index (χ0v) is 13.7. The normalized spacial score (nSPS) is 10.7. The van der Waals surface area contributed by atoms with E-state index in [1.54, 1.807) is 6.92 Å². The van der Waals surface area contributed by atoms with Gasteiger partial charge in [-0.25, -0.2) is 4.39 Å². The number of benzene rings is 2. The number of aromatic nitrogens is 1. The van der Waals surface area contributed by atoms with E-state index in [1.165, 1.54) is 36.4 Å². The molecule has 1 aromatic heterocycles. The molecule has 1 amide bonds. The van der Waals surface area contributed by atoms with Crippen molar-refractivity contribution in [2.24, 2.45) is 0 Å². The standard InChI is InChI=1S/C17H11ClFN3O3/c1-9-6-13(12-8-11(19)3-5-14(12)20-9)17(23)21-15-4-2-10(18)7-16(15)22(24)25/h2-8H,1H3,(H,21,23). The molecule has 0 aliphatic carbocycles. The average Bonchev–Trinajstić information content (AvgIpc) is 2.55. The molecule has 1 heterocycles. The summed E-state index contributed by atoms with van der Waals surface area (Å²) >= 11 is 5.76. The first-order chi connectivity index (χ1) is 11.8. The van der Waals surface area contributed by atoms with Crippen molar-refractivity contribution < 1.29 is 14.1 Å². The number of nitro benzene ring substituents is 1. The van der Waals surface area contributed by atoms with Gasteiger partial charge < -0.3 is 5.32 Å². The number of fused-ring (bicyclic) bond motifs is 1. The lowest BCUT2D eigenvalue weighted by Crippen LogP contribution is -2.14. The van der Waals surface area contributed by atoms with E-state index in [4.69, 9.17) is 11.6 Å². The van der Waals surface area contributed by atoms with Gasteiger partial charge in [-0.05, 0) is 43.3 Å². The third kappa shape index (κ3) is 3.41. The summed E-state index contributed by atoms with van der Waals surface area (Å²) in [6, 6.07) is 9.34. The molecule has 3 aromatic rings. The number of amides is 1. The summed E-state index contributed by atoms with van der Waals surface area (Å²) in [5.41, 5.74) is 0.860. The van der Waals surface area contributed by atoms with E-state index in [9.17, 15) is 19.3 Å². The van der Waals surface area contributed by atoms with Gasteiger partial charge in [0.1, 0.15) is 11.5 Å². The maximum absolute atomic E-state index is 13.6. The summed E-state index contributed by atoms with van der Waals surface area (Å²) in [5, 5.41) is 14.1. The van der Waals surface area contributed by atoms with Gasteiger partial charge in [0, 0.05) is 22.2 Å². The molecule has 25 heavy (non-hydrogen) atoms. The van der Waals surface area contributed by atoms with E-state index in [2.05, 4.69) is 10.3 Å². The highest BCUT2D eigenvalue weighted by Crippen LogP contribution is 2.29. The minimum Gasteiger partial charge on any atom is -0.316 e. The van der Waals surface area contributed by atoms with Crippen LogP contribution in [0.2, 0.25) is 5.02 Å². The van der Waals surface area contributed by atoms with Crippen molar-refractivity contribution in [2.75, 3.05) is 5.32 Å². The summed E-state index contributed by atoms with van der Waals surface area (Å²) < 4.78 is 13.6. The Hall–Kier alpha value is -3.06. The van der Waals surface area contributed by atoms with E-state index in [1.807, 2.05) is 0 Å². The van der Waals surface area contributed by atoms with Crippen LogP contribution in [0.3, 0.4) is 0 Å². The van der Waals surface area contributed by atoms with Crippen LogP contribution in [-0.2, 0) is 0 Å². The first-order valence-corrected chi connectivity index (χ1v) is 7.55. The molecule has 6 nitrogen and oxygen atoms in total. The number of nitrogens with zero attached hydrogens (tertiary/aromatic N) is 2. The predicted octanol–water partition coefficient (Wildman–Crippen LogP) is 4.50. The van der Waals surface area contributed by atoms with E-state index >= 15 is 0 Å². The fraction of sp³-hybridized carbons (Fsp3) is 0.0588. The zero-order valence-electron chi connectivity index (χ0n) is 12.9. The van der Waals surface area contributed by atoms with Crippen LogP contribution in [0.15, 0.2) is 42.5 Å². The molecule has 0 aliphatic rings. The summed E-state index contributed by atoms with van der Waals surface area (Å²) in [5.74, 6) is -1.11. The first kappa shape index (κ1) is 16.8. The monoisotopic (exact) mass is 359 g/mol. The molecule has 0 fully saturated rings. The highest BCUT2D eigenvalue weighted by atomic mass is 35.5. The molecule has 3 rings (SSSR count). The van der Waals surface area contributed by atoms with Crippen molar-refractivity contribution >= 4 is 39.8 Å². The molecule has 1 N–H and O–H groups in total. The molecule has 0 saturated heterocycles. The van der Waals surface area contributed by atoms with Gasteiger partial charge in [0.15, 0.2) is 0 Å². The Balaban J connectivity index is 2.07. The molecule has 0 aliphatic heterocycles. The fourth-order valence-electron chi connectivity index (χ4n) is 2.47. The number of nitrogens with one attached hydrogen (secondary N) is 1. The minimum absolute atomic E-state index is 0.00146. The second-order valence-corrected chi connectivity index (χ2v) is 5.78. The van der Waals surface area contributed by atoms with Crippen molar-refractivity contribution in [1.82, 2.24) is 4.98 Å². The molecule has 0 spiro atoms. The van der Waals surface area contributed by atoms with Crippen LogP contribution >= 0.6 is 11.6 Å². The molecule has 0 saturated carbocycles. The van der Waals surface area contributed by atoms with Gasteiger partial charge in [-0.3, -0.25) is 19.9 Å². The van der Waals surface area contributed by atoms with Gasteiger partial charge in [-0.1, -0.05) is 11.6 Å². The van der Waals surface area contributed by atoms with Gasteiger partial charge in [-0.2, -0.15) is 0 Å². The van der Waals surface area contributed by atoms with Crippen LogP contribution in [0.4, 0.5) is 15.8 Å². The fourth-order valence-corrected chi connectivity index (χ4v) is 2.64. The van der Waals surface area contributed by atoms with Crippen LogP contribution < -0.4 is 5.32 Å². The van der Waals surface area contributed by atoms with E-state index < -0.39 is 16.6 Å². The second-order valence-electron chi connectivity index (χ2n) is 5.35. The summed E-state index contributed by atoms with van der Waals surface area (Å²) in [6.45, 7) is 1.70. The third-order valence-corrected chi connectivity index (χ3v) is 3.78. The Morgan fingerprint density at radius 2 is 2.00 bits per heavy atom. The number of rotatable bonds is 3. The molecule has 0 radical (unpaired) electrons. The third-order valence-electron chi connectivity index (χ3n) is 3.55. The predicted molar refractivity (Wildman–Crippen MR) is 92.5 cm³/mol. The first-order valence-electron chi connectivity index (χ1n) is 7.17. The van der Waals surface area contributed by atoms with Gasteiger partial charge >= 0.3 is 0 Å². The summed E-state index contributed by atoms with van der Waals surface area (Å²) in [6.07, 6.45) is 0. The molecular formula is C17H11ClFN3O3. The molecule has 0 unspecified atom stereocenters. The number of anilines is 1. The SMILES string of the molecule is Cc1cc(C(=O)Nc2ccc(Cl)cc2[N+](=O)[O-])c2cc(F)ccc2n1. The highest BCUT2D eigenvalue weighted by molar-refractivity contribution is 6.31. The quantitative estimate of drug-likeness (QED) is 0.551. The Morgan fingerprint density at radius 3 is 2.72 bits per heavy atom. The van der Waals surface area contributed by atoms with Gasteiger partial charge in [0.2, 0.25) is 0 Å². The largest absolute Gasteiger partial charge is 0.316 e. The maximum atomic E-state index is 13.6. The smallest absolute Gasteiger partial charge is 0.294 e. The van der Waals surface area contributed by atoms with E-state index in [0.29, 0.717) is 16.6 Å². The highest BCUT2D eigenvalue weighted by Gasteiger charge is 2.19. The Bertz CT molecular complexity index is 1020. The lowest BCUT2D eigenvalue weighted by Gasteiger charge is -2.10. The van der Waals surface area contributed by atoms with Crippen LogP contribution in [0, 0.1) is 22.9 Å². The maximum Gasteiger partial charge on any atom is 0.294 e. The minimum atomic E-state index is -0.642. The number of carbonyl (C=O) groups excluding carboxylic acids is 1. The molecule has 8 heteroatoms. The van der Waals surface area contributed by atoms with Crippen molar-refractivity contribution in [3.05, 3.63) is 74.7 Å². The number of halogens is 2. The Morgan fingerprint density at radius 1 is 1.24 bits per heavy atom. The van der Waals surface area contributed by atoms with E-state index in [-0.39, 0.29) is 22.0 Å². The number of nitro groups is 1. The van der Waals surface area contributed by atoms with E-state index in [0.717, 1.165) is 6.07 Å². The van der Waals surface area contributed by atoms with Crippen molar-refractivity contribution in [1.29, 1.82) is 0 Å². The number of carbonyl (C=O) groups is 1. The van der Waals surface area contributed by atoms with Crippen LogP contribution in [-0.4, -0.2) is 15.8 Å². The zero-order chi connectivity index (χ0) is 18.1. The van der Waals surface area contributed by atoms with Gasteiger partial charge in [-0.15, -0.1) is 0 Å². The Labute approximate surface area is 146 Å². The summed E-state index contributed by atoms with van der Waals surface area (Å²) in [4.78, 5) is 27.4. The number of aryl methyl sites for hydroxylation is 1. The molecule has 2 aromatic carbocycles. The summed E-state index contributed by atoms with van der Waals surface area (Å²) in [7, 11) is 0. The lowest BCUT2D eigenvalue weighted by molar-refractivity contribution is -0.383. The van der Waals surface area contributed by atoms with Crippen molar-refractivity contribution in [2.45, 2.75) is 6.92 Å². The van der Waals surface area contributed by atoms with Crippen molar-refractivity contribution in [3.8, 4) is 0 Å². The van der Waals surface area contributed by atoms with Crippen LogP contribution in [0.25, 0.3) is 10.9 Å².